The summed E-state index contributed by atoms with van der Waals surface area (Å²) in [6, 6.07) is 5.42. The molecule has 0 aliphatic rings. The summed E-state index contributed by atoms with van der Waals surface area (Å²) >= 11 is 5.89. The van der Waals surface area contributed by atoms with Crippen LogP contribution in [0.3, 0.4) is 0 Å². The minimum absolute atomic E-state index is 0.0806. The van der Waals surface area contributed by atoms with Gasteiger partial charge >= 0.3 is 12.3 Å². The van der Waals surface area contributed by atoms with E-state index in [0.717, 1.165) is 33.7 Å². The van der Waals surface area contributed by atoms with Crippen LogP contribution < -0.4 is 10.6 Å². The SMILES string of the molecule is O=C(O)N[C@H](CNC(=O)c1nc(Br)c(-c2nc3ccncc3s2)s1)Cc1ccc(C(F)(F)F)cc1. The summed E-state index contributed by atoms with van der Waals surface area (Å²) in [6.07, 6.45) is -2.36. The molecule has 8 nitrogen and oxygen atoms in total. The van der Waals surface area contributed by atoms with E-state index in [0.29, 0.717) is 20.1 Å². The fraction of sp³-hybridized carbons (Fsp3) is 0.190. The molecular weight excluding hydrogens is 571 g/mol. The van der Waals surface area contributed by atoms with E-state index < -0.39 is 29.8 Å². The van der Waals surface area contributed by atoms with Gasteiger partial charge in [0.15, 0.2) is 5.01 Å². The first-order chi connectivity index (χ1) is 16.6. The van der Waals surface area contributed by atoms with Crippen molar-refractivity contribution in [1.82, 2.24) is 25.6 Å². The van der Waals surface area contributed by atoms with Crippen LogP contribution in [0.4, 0.5) is 18.0 Å². The van der Waals surface area contributed by atoms with E-state index in [1.807, 2.05) is 0 Å². The predicted molar refractivity (Wildman–Crippen MR) is 129 cm³/mol. The van der Waals surface area contributed by atoms with Gasteiger partial charge in [0.05, 0.1) is 26.7 Å². The van der Waals surface area contributed by atoms with Gasteiger partial charge in [-0.25, -0.2) is 14.8 Å². The van der Waals surface area contributed by atoms with Crippen molar-refractivity contribution in [1.29, 1.82) is 0 Å². The van der Waals surface area contributed by atoms with E-state index >= 15 is 0 Å². The van der Waals surface area contributed by atoms with Crippen LogP contribution in [0.5, 0.6) is 0 Å². The number of benzene rings is 1. The minimum Gasteiger partial charge on any atom is -0.465 e. The Bertz CT molecular complexity index is 1340. The summed E-state index contributed by atoms with van der Waals surface area (Å²) in [5.74, 6) is -0.519. The number of hydrogen-bond donors (Lipinski definition) is 3. The van der Waals surface area contributed by atoms with Gasteiger partial charge in [0.1, 0.15) is 9.61 Å². The highest BCUT2D eigenvalue weighted by molar-refractivity contribution is 9.10. The highest BCUT2D eigenvalue weighted by Gasteiger charge is 2.30. The maximum absolute atomic E-state index is 12.8. The average molecular weight is 586 g/mol. The quantitative estimate of drug-likeness (QED) is 0.274. The van der Waals surface area contributed by atoms with Crippen molar-refractivity contribution in [3.05, 3.63) is 63.5 Å². The maximum Gasteiger partial charge on any atom is 0.416 e. The molecule has 14 heteroatoms. The third kappa shape index (κ3) is 6.13. The number of rotatable bonds is 7. The van der Waals surface area contributed by atoms with E-state index in [1.54, 1.807) is 18.5 Å². The normalized spacial score (nSPS) is 12.5. The molecule has 4 aromatic rings. The first kappa shape index (κ1) is 25.0. The Morgan fingerprint density at radius 1 is 1.11 bits per heavy atom. The van der Waals surface area contributed by atoms with Gasteiger partial charge in [0.25, 0.3) is 5.91 Å². The van der Waals surface area contributed by atoms with Gasteiger partial charge in [0.2, 0.25) is 0 Å². The smallest absolute Gasteiger partial charge is 0.416 e. The van der Waals surface area contributed by atoms with Crippen molar-refractivity contribution >= 4 is 60.8 Å². The molecule has 4 rings (SSSR count). The zero-order chi connectivity index (χ0) is 25.2. The molecule has 0 aliphatic heterocycles. The van der Waals surface area contributed by atoms with Crippen molar-refractivity contribution in [2.75, 3.05) is 6.54 Å². The lowest BCUT2D eigenvalue weighted by molar-refractivity contribution is -0.137. The molecule has 3 aromatic heterocycles. The van der Waals surface area contributed by atoms with E-state index in [4.69, 9.17) is 5.11 Å². The number of carbonyl (C=O) groups is 2. The molecule has 3 N–H and O–H groups in total. The molecule has 2 amide bonds. The molecule has 0 bridgehead atoms. The van der Waals surface area contributed by atoms with E-state index in [-0.39, 0.29) is 18.0 Å². The molecule has 35 heavy (non-hydrogen) atoms. The zero-order valence-corrected chi connectivity index (χ0v) is 20.7. The summed E-state index contributed by atoms with van der Waals surface area (Å²) in [4.78, 5) is 37.4. The lowest BCUT2D eigenvalue weighted by Crippen LogP contribution is -2.44. The summed E-state index contributed by atoms with van der Waals surface area (Å²) in [5.41, 5.74) is 0.458. The number of thiazole rings is 2. The molecule has 0 saturated carbocycles. The topological polar surface area (TPSA) is 117 Å². The fourth-order valence-electron chi connectivity index (χ4n) is 3.16. The van der Waals surface area contributed by atoms with E-state index in [1.165, 1.54) is 23.5 Å². The number of fused-ring (bicyclic) bond motifs is 1. The summed E-state index contributed by atoms with van der Waals surface area (Å²) < 4.78 is 39.6. The Balaban J connectivity index is 1.44. The molecule has 0 radical (unpaired) electrons. The van der Waals surface area contributed by atoms with E-state index in [9.17, 15) is 22.8 Å². The second-order valence-corrected chi connectivity index (χ2v) is 10.0. The van der Waals surface area contributed by atoms with Crippen LogP contribution in [0.15, 0.2) is 47.3 Å². The molecular formula is C21H15BrF3N5O3S2. The number of aromatic nitrogens is 3. The van der Waals surface area contributed by atoms with Gasteiger partial charge in [0, 0.05) is 18.9 Å². The van der Waals surface area contributed by atoms with Crippen molar-refractivity contribution in [3.8, 4) is 9.88 Å². The van der Waals surface area contributed by atoms with Crippen LogP contribution in [0.2, 0.25) is 0 Å². The number of alkyl halides is 3. The standard InChI is InChI=1S/C21H15BrF3N5O3S2/c22-16-15(18-29-13-5-6-26-9-14(13)34-18)35-19(30-16)17(31)27-8-12(28-20(32)33)7-10-1-3-11(4-2-10)21(23,24)25/h1-6,9,12,28H,7-8H2,(H,27,31)(H,32,33)/t12-/m0/s1. The Morgan fingerprint density at radius 2 is 1.86 bits per heavy atom. The Morgan fingerprint density at radius 3 is 2.51 bits per heavy atom. The third-order valence-corrected chi connectivity index (χ3v) is 7.82. The molecule has 0 saturated heterocycles. The molecule has 0 aliphatic carbocycles. The van der Waals surface area contributed by atoms with Crippen LogP contribution >= 0.6 is 38.6 Å². The number of carbonyl (C=O) groups excluding carboxylic acids is 1. The average Bonchev–Trinajstić information content (AvgIpc) is 3.40. The van der Waals surface area contributed by atoms with Crippen LogP contribution in [0.1, 0.15) is 20.9 Å². The van der Waals surface area contributed by atoms with Crippen LogP contribution in [0, 0.1) is 0 Å². The molecule has 182 valence electrons. The Kier molecular flexibility index (Phi) is 7.33. The van der Waals surface area contributed by atoms with Crippen LogP contribution in [-0.4, -0.2) is 44.6 Å². The van der Waals surface area contributed by atoms with Crippen LogP contribution in [0.25, 0.3) is 20.1 Å². The summed E-state index contributed by atoms with van der Waals surface area (Å²) in [5, 5.41) is 14.8. The largest absolute Gasteiger partial charge is 0.465 e. The molecule has 1 aromatic carbocycles. The van der Waals surface area contributed by atoms with Gasteiger partial charge in [-0.3, -0.25) is 9.78 Å². The number of nitrogens with zero attached hydrogens (tertiary/aromatic N) is 3. The number of halogens is 4. The highest BCUT2D eigenvalue weighted by Crippen LogP contribution is 2.38. The molecule has 0 spiro atoms. The van der Waals surface area contributed by atoms with Crippen molar-refractivity contribution in [2.45, 2.75) is 18.6 Å². The summed E-state index contributed by atoms with van der Waals surface area (Å²) in [7, 11) is 0. The van der Waals surface area contributed by atoms with Gasteiger partial charge in [-0.15, -0.1) is 22.7 Å². The van der Waals surface area contributed by atoms with Crippen molar-refractivity contribution in [2.24, 2.45) is 0 Å². The van der Waals surface area contributed by atoms with Gasteiger partial charge in [-0.05, 0) is 46.1 Å². The van der Waals surface area contributed by atoms with Crippen molar-refractivity contribution < 1.29 is 27.9 Å². The number of nitrogens with one attached hydrogen (secondary N) is 2. The predicted octanol–water partition coefficient (Wildman–Crippen LogP) is 5.20. The first-order valence-corrected chi connectivity index (χ1v) is 12.3. The van der Waals surface area contributed by atoms with Gasteiger partial charge in [-0.1, -0.05) is 12.1 Å². The minimum atomic E-state index is -4.46. The fourth-order valence-corrected chi connectivity index (χ4v) is 5.90. The molecule has 0 fully saturated rings. The monoisotopic (exact) mass is 585 g/mol. The van der Waals surface area contributed by atoms with E-state index in [2.05, 4.69) is 41.5 Å². The maximum atomic E-state index is 12.8. The van der Waals surface area contributed by atoms with Crippen LogP contribution in [-0.2, 0) is 12.6 Å². The van der Waals surface area contributed by atoms with Crippen molar-refractivity contribution in [3.63, 3.8) is 0 Å². The van der Waals surface area contributed by atoms with Gasteiger partial charge in [-0.2, -0.15) is 13.2 Å². The lowest BCUT2D eigenvalue weighted by Gasteiger charge is -2.18. The number of hydrogen-bond acceptors (Lipinski definition) is 7. The zero-order valence-electron chi connectivity index (χ0n) is 17.5. The lowest BCUT2D eigenvalue weighted by atomic mass is 10.0. The second kappa shape index (κ2) is 10.3. The molecule has 1 atom stereocenters. The molecule has 3 heterocycles. The summed E-state index contributed by atoms with van der Waals surface area (Å²) in [6.45, 7) is -0.0918. The second-order valence-electron chi connectivity index (χ2n) is 7.26. The Hall–Kier alpha value is -3.10. The van der Waals surface area contributed by atoms with Gasteiger partial charge < -0.3 is 15.7 Å². The number of pyridine rings is 1. The Labute approximate surface area is 212 Å². The third-order valence-electron chi connectivity index (χ3n) is 4.77. The molecule has 0 unspecified atom stereocenters. The first-order valence-electron chi connectivity index (χ1n) is 9.91. The number of amides is 2. The highest BCUT2D eigenvalue weighted by atomic mass is 79.9. The number of carboxylic acid groups (broad SMARTS) is 1.